The van der Waals surface area contributed by atoms with Gasteiger partial charge in [0, 0.05) is 39.1 Å². The van der Waals surface area contributed by atoms with E-state index < -0.39 is 10.0 Å². The van der Waals surface area contributed by atoms with Crippen LogP contribution in [-0.4, -0.2) is 76.8 Å². The Labute approximate surface area is 156 Å². The summed E-state index contributed by atoms with van der Waals surface area (Å²) in [5, 5.41) is 0. The van der Waals surface area contributed by atoms with Gasteiger partial charge in [0.05, 0.1) is 18.6 Å². The van der Waals surface area contributed by atoms with Crippen LogP contribution in [0, 0.1) is 0 Å². The minimum absolute atomic E-state index is 0.0876. The van der Waals surface area contributed by atoms with Crippen LogP contribution in [0.4, 0.5) is 5.69 Å². The van der Waals surface area contributed by atoms with Crippen LogP contribution < -0.4 is 9.04 Å². The Kier molecular flexibility index (Phi) is 7.28. The van der Waals surface area contributed by atoms with Gasteiger partial charge in [-0.15, -0.1) is 0 Å². The summed E-state index contributed by atoms with van der Waals surface area (Å²) in [6, 6.07) is 7.08. The molecule has 26 heavy (non-hydrogen) atoms. The monoisotopic (exact) mass is 383 g/mol. The predicted octanol–water partition coefficient (Wildman–Crippen LogP) is 1.41. The number of benzene rings is 1. The standard InChI is InChI=1S/C18H29N3O4S/c1-4-25-17-9-6-5-8-16(17)21(26(3,23)24)11-7-10-18(22)20-14-12-19(2)13-15-20/h5-6,8-9H,4,7,10-15H2,1-3H3. The lowest BCUT2D eigenvalue weighted by molar-refractivity contribution is -0.132. The fourth-order valence-electron chi connectivity index (χ4n) is 2.99. The first kappa shape index (κ1) is 20.5. The molecule has 0 N–H and O–H groups in total. The maximum atomic E-state index is 12.4. The van der Waals surface area contributed by atoms with E-state index in [1.54, 1.807) is 18.2 Å². The van der Waals surface area contributed by atoms with E-state index in [9.17, 15) is 13.2 Å². The molecule has 1 fully saturated rings. The zero-order valence-corrected chi connectivity index (χ0v) is 16.7. The Morgan fingerprint density at radius 1 is 1.19 bits per heavy atom. The van der Waals surface area contributed by atoms with Gasteiger partial charge in [0.25, 0.3) is 0 Å². The maximum Gasteiger partial charge on any atom is 0.232 e. The molecule has 0 spiro atoms. The number of piperazine rings is 1. The van der Waals surface area contributed by atoms with Crippen molar-refractivity contribution in [1.29, 1.82) is 0 Å². The molecule has 7 nitrogen and oxygen atoms in total. The zero-order chi connectivity index (χ0) is 19.2. The highest BCUT2D eigenvalue weighted by Gasteiger charge is 2.23. The molecule has 1 amide bonds. The second kappa shape index (κ2) is 9.23. The summed E-state index contributed by atoms with van der Waals surface area (Å²) in [7, 11) is -1.42. The maximum absolute atomic E-state index is 12.4. The van der Waals surface area contributed by atoms with Gasteiger partial charge in [0.15, 0.2) is 0 Å². The first-order chi connectivity index (χ1) is 12.3. The first-order valence-corrected chi connectivity index (χ1v) is 10.8. The Bertz CT molecular complexity index is 700. The largest absolute Gasteiger partial charge is 0.492 e. The summed E-state index contributed by atoms with van der Waals surface area (Å²) in [4.78, 5) is 16.4. The van der Waals surface area contributed by atoms with Crippen molar-refractivity contribution in [3.63, 3.8) is 0 Å². The molecular weight excluding hydrogens is 354 g/mol. The predicted molar refractivity (Wildman–Crippen MR) is 103 cm³/mol. The van der Waals surface area contributed by atoms with Gasteiger partial charge in [-0.3, -0.25) is 9.10 Å². The fraction of sp³-hybridized carbons (Fsp3) is 0.611. The SMILES string of the molecule is CCOc1ccccc1N(CCCC(=O)N1CCN(C)CC1)S(C)(=O)=O. The van der Waals surface area contributed by atoms with Crippen LogP contribution in [0.25, 0.3) is 0 Å². The third kappa shape index (κ3) is 5.60. The van der Waals surface area contributed by atoms with Crippen LogP contribution in [0.5, 0.6) is 5.75 Å². The number of hydrogen-bond donors (Lipinski definition) is 0. The molecule has 0 bridgehead atoms. The molecule has 0 radical (unpaired) electrons. The van der Waals surface area contributed by atoms with Gasteiger partial charge in [-0.2, -0.15) is 0 Å². The van der Waals surface area contributed by atoms with Crippen molar-refractivity contribution in [2.75, 3.05) is 56.9 Å². The van der Waals surface area contributed by atoms with E-state index in [-0.39, 0.29) is 12.5 Å². The van der Waals surface area contributed by atoms with E-state index in [1.807, 2.05) is 24.9 Å². The Balaban J connectivity index is 2.00. The number of anilines is 1. The number of carbonyl (C=O) groups excluding carboxylic acids is 1. The zero-order valence-electron chi connectivity index (χ0n) is 15.8. The quantitative estimate of drug-likeness (QED) is 0.679. The van der Waals surface area contributed by atoms with E-state index >= 15 is 0 Å². The molecule has 1 aromatic carbocycles. The van der Waals surface area contributed by atoms with Crippen molar-refractivity contribution in [2.45, 2.75) is 19.8 Å². The number of hydrogen-bond acceptors (Lipinski definition) is 5. The highest BCUT2D eigenvalue weighted by Crippen LogP contribution is 2.30. The van der Waals surface area contributed by atoms with Crippen LogP contribution in [0.2, 0.25) is 0 Å². The van der Waals surface area contributed by atoms with E-state index in [0.717, 1.165) is 26.2 Å². The second-order valence-electron chi connectivity index (χ2n) is 6.52. The molecule has 2 rings (SSSR count). The smallest absolute Gasteiger partial charge is 0.232 e. The van der Waals surface area contributed by atoms with Crippen LogP contribution in [0.15, 0.2) is 24.3 Å². The van der Waals surface area contributed by atoms with Crippen molar-refractivity contribution in [1.82, 2.24) is 9.80 Å². The molecule has 1 heterocycles. The normalized spacial score (nSPS) is 15.7. The number of sulfonamides is 1. The number of para-hydroxylation sites is 2. The highest BCUT2D eigenvalue weighted by atomic mass is 32.2. The Hall–Kier alpha value is -1.80. The number of rotatable bonds is 8. The Morgan fingerprint density at radius 2 is 1.85 bits per heavy atom. The van der Waals surface area contributed by atoms with Gasteiger partial charge < -0.3 is 14.5 Å². The summed E-state index contributed by atoms with van der Waals surface area (Å²) >= 11 is 0. The average molecular weight is 384 g/mol. The number of carbonyl (C=O) groups is 1. The summed E-state index contributed by atoms with van der Waals surface area (Å²) in [6.07, 6.45) is 1.99. The van der Waals surface area contributed by atoms with Gasteiger partial charge in [-0.25, -0.2) is 8.42 Å². The fourth-order valence-corrected chi connectivity index (χ4v) is 3.96. The lowest BCUT2D eigenvalue weighted by Gasteiger charge is -2.32. The summed E-state index contributed by atoms with van der Waals surface area (Å²) in [5.74, 6) is 0.621. The topological polar surface area (TPSA) is 70.2 Å². The van der Waals surface area contributed by atoms with Crippen LogP contribution >= 0.6 is 0 Å². The average Bonchev–Trinajstić information content (AvgIpc) is 2.59. The number of amides is 1. The molecule has 0 saturated carbocycles. The second-order valence-corrected chi connectivity index (χ2v) is 8.43. The molecule has 1 aliphatic rings. The van der Waals surface area contributed by atoms with Crippen molar-refractivity contribution in [3.8, 4) is 5.75 Å². The molecule has 1 saturated heterocycles. The molecule has 1 aliphatic heterocycles. The number of nitrogens with zero attached hydrogens (tertiary/aromatic N) is 3. The van der Waals surface area contributed by atoms with Crippen molar-refractivity contribution in [3.05, 3.63) is 24.3 Å². The Morgan fingerprint density at radius 3 is 2.46 bits per heavy atom. The van der Waals surface area contributed by atoms with Gasteiger partial charge in [-0.05, 0) is 32.5 Å². The molecule has 0 atom stereocenters. The molecule has 0 aromatic heterocycles. The van der Waals surface area contributed by atoms with E-state index in [2.05, 4.69) is 4.90 Å². The minimum atomic E-state index is -3.47. The van der Waals surface area contributed by atoms with Gasteiger partial charge >= 0.3 is 0 Å². The van der Waals surface area contributed by atoms with Crippen LogP contribution in [0.1, 0.15) is 19.8 Å². The molecular formula is C18H29N3O4S. The highest BCUT2D eigenvalue weighted by molar-refractivity contribution is 7.92. The van der Waals surface area contributed by atoms with Crippen molar-refractivity contribution in [2.24, 2.45) is 0 Å². The summed E-state index contributed by atoms with van der Waals surface area (Å²) in [6.45, 7) is 5.79. The molecule has 146 valence electrons. The number of likely N-dealkylation sites (N-methyl/N-ethyl adjacent to an activating group) is 1. The summed E-state index contributed by atoms with van der Waals surface area (Å²) < 4.78 is 31.4. The van der Waals surface area contributed by atoms with Crippen molar-refractivity contribution >= 4 is 21.6 Å². The van der Waals surface area contributed by atoms with Crippen LogP contribution in [-0.2, 0) is 14.8 Å². The minimum Gasteiger partial charge on any atom is -0.492 e. The van der Waals surface area contributed by atoms with Gasteiger partial charge in [0.1, 0.15) is 5.75 Å². The van der Waals surface area contributed by atoms with Gasteiger partial charge in [0.2, 0.25) is 15.9 Å². The lowest BCUT2D eigenvalue weighted by Crippen LogP contribution is -2.47. The van der Waals surface area contributed by atoms with E-state index in [0.29, 0.717) is 30.9 Å². The molecule has 0 aliphatic carbocycles. The molecule has 1 aromatic rings. The molecule has 8 heteroatoms. The van der Waals surface area contributed by atoms with E-state index in [1.165, 1.54) is 10.6 Å². The number of ether oxygens (including phenoxy) is 1. The van der Waals surface area contributed by atoms with Crippen LogP contribution in [0.3, 0.4) is 0 Å². The first-order valence-electron chi connectivity index (χ1n) is 8.98. The van der Waals surface area contributed by atoms with E-state index in [4.69, 9.17) is 4.74 Å². The lowest BCUT2D eigenvalue weighted by atomic mass is 10.2. The third-order valence-electron chi connectivity index (χ3n) is 4.44. The van der Waals surface area contributed by atoms with Crippen molar-refractivity contribution < 1.29 is 17.9 Å². The molecule has 0 unspecified atom stereocenters. The van der Waals surface area contributed by atoms with Gasteiger partial charge in [-0.1, -0.05) is 12.1 Å². The summed E-state index contributed by atoms with van der Waals surface area (Å²) in [5.41, 5.74) is 0.517. The third-order valence-corrected chi connectivity index (χ3v) is 5.62.